The average molecular weight is 301 g/mol. The van der Waals surface area contributed by atoms with Gasteiger partial charge in [-0.15, -0.1) is 0 Å². The van der Waals surface area contributed by atoms with E-state index in [1.54, 1.807) is 0 Å². The highest BCUT2D eigenvalue weighted by Crippen LogP contribution is 2.32. The van der Waals surface area contributed by atoms with Crippen LogP contribution in [-0.2, 0) is 22.6 Å². The largest absolute Gasteiger partial charge is 0.481 e. The summed E-state index contributed by atoms with van der Waals surface area (Å²) in [5.41, 5.74) is 2.05. The second kappa shape index (κ2) is 5.51. The number of aliphatic carboxylic acids is 1. The van der Waals surface area contributed by atoms with Gasteiger partial charge in [-0.3, -0.25) is 4.79 Å². The quantitative estimate of drug-likeness (QED) is 0.929. The highest BCUT2D eigenvalue weighted by atomic mass is 79.9. The van der Waals surface area contributed by atoms with Crippen molar-refractivity contribution in [2.24, 2.45) is 0 Å². The van der Waals surface area contributed by atoms with Crippen LogP contribution in [0.3, 0.4) is 0 Å². The van der Waals surface area contributed by atoms with Gasteiger partial charge in [0.2, 0.25) is 0 Å². The van der Waals surface area contributed by atoms with E-state index < -0.39 is 5.97 Å². The number of aryl methyl sites for hydroxylation is 1. The number of rotatable bonds is 4. The molecule has 0 aromatic heterocycles. The molecule has 0 aliphatic carbocycles. The van der Waals surface area contributed by atoms with Crippen LogP contribution in [0.5, 0.6) is 5.75 Å². The van der Waals surface area contributed by atoms with Crippen molar-refractivity contribution in [3.05, 3.63) is 27.7 Å². The molecule has 2 rings (SSSR count). The van der Waals surface area contributed by atoms with Crippen molar-refractivity contribution < 1.29 is 19.4 Å². The number of fused-ring (bicyclic) bond motifs is 1. The molecule has 0 radical (unpaired) electrons. The molecule has 0 saturated heterocycles. The first-order chi connectivity index (χ1) is 8.16. The Morgan fingerprint density at radius 1 is 1.47 bits per heavy atom. The monoisotopic (exact) mass is 300 g/mol. The fourth-order valence-corrected chi connectivity index (χ4v) is 2.43. The van der Waals surface area contributed by atoms with E-state index in [0.29, 0.717) is 19.4 Å². The van der Waals surface area contributed by atoms with Crippen LogP contribution in [-0.4, -0.2) is 17.9 Å². The van der Waals surface area contributed by atoms with Crippen molar-refractivity contribution in [3.8, 4) is 5.75 Å². The van der Waals surface area contributed by atoms with Gasteiger partial charge in [0.15, 0.2) is 6.79 Å². The van der Waals surface area contributed by atoms with E-state index in [1.165, 1.54) is 0 Å². The molecular weight excluding hydrogens is 288 g/mol. The highest BCUT2D eigenvalue weighted by Gasteiger charge is 2.16. The van der Waals surface area contributed by atoms with Gasteiger partial charge in [-0.1, -0.05) is 15.9 Å². The average Bonchev–Trinajstić information content (AvgIpc) is 2.28. The van der Waals surface area contributed by atoms with Crippen molar-refractivity contribution in [2.45, 2.75) is 25.9 Å². The molecule has 4 nitrogen and oxygen atoms in total. The number of carboxylic acid groups (broad SMARTS) is 1. The van der Waals surface area contributed by atoms with Gasteiger partial charge in [-0.2, -0.15) is 0 Å². The van der Waals surface area contributed by atoms with E-state index in [2.05, 4.69) is 15.9 Å². The minimum absolute atomic E-state index is 0.178. The Morgan fingerprint density at radius 2 is 2.29 bits per heavy atom. The molecule has 17 heavy (non-hydrogen) atoms. The third-order valence-electron chi connectivity index (χ3n) is 2.59. The zero-order valence-electron chi connectivity index (χ0n) is 9.24. The summed E-state index contributed by atoms with van der Waals surface area (Å²) in [6, 6.07) is 3.95. The van der Waals surface area contributed by atoms with Crippen molar-refractivity contribution in [2.75, 3.05) is 6.79 Å². The molecule has 1 aromatic rings. The molecule has 0 saturated carbocycles. The minimum atomic E-state index is -0.766. The van der Waals surface area contributed by atoms with Gasteiger partial charge in [0.25, 0.3) is 0 Å². The summed E-state index contributed by atoms with van der Waals surface area (Å²) in [6.07, 6.45) is 1.49. The van der Waals surface area contributed by atoms with Crippen molar-refractivity contribution in [1.29, 1.82) is 0 Å². The molecule has 0 unspecified atom stereocenters. The third-order valence-corrected chi connectivity index (χ3v) is 3.05. The van der Waals surface area contributed by atoms with Crippen LogP contribution in [0.25, 0.3) is 0 Å². The first kappa shape index (κ1) is 12.4. The Morgan fingerprint density at radius 3 is 3.06 bits per heavy atom. The second-order valence-corrected chi connectivity index (χ2v) is 4.83. The van der Waals surface area contributed by atoms with Crippen molar-refractivity contribution >= 4 is 21.9 Å². The van der Waals surface area contributed by atoms with Crippen LogP contribution in [0.1, 0.15) is 24.0 Å². The molecule has 0 fully saturated rings. The Bertz CT molecular complexity index is 431. The topological polar surface area (TPSA) is 55.8 Å². The van der Waals surface area contributed by atoms with E-state index in [1.807, 2.05) is 12.1 Å². The first-order valence-electron chi connectivity index (χ1n) is 5.40. The lowest BCUT2D eigenvalue weighted by atomic mass is 10.0. The fraction of sp³-hybridized carbons (Fsp3) is 0.417. The van der Waals surface area contributed by atoms with Crippen molar-refractivity contribution in [3.63, 3.8) is 0 Å². The van der Waals surface area contributed by atoms with Crippen LogP contribution >= 0.6 is 15.9 Å². The van der Waals surface area contributed by atoms with E-state index in [0.717, 1.165) is 21.3 Å². The van der Waals surface area contributed by atoms with E-state index in [4.69, 9.17) is 14.6 Å². The first-order valence-corrected chi connectivity index (χ1v) is 6.20. The summed E-state index contributed by atoms with van der Waals surface area (Å²) in [7, 11) is 0. The van der Waals surface area contributed by atoms with E-state index in [9.17, 15) is 4.79 Å². The standard InChI is InChI=1S/C12H13BrO4/c13-10-4-8(2-1-3-11(14)15)12-9(5-10)6-16-7-17-12/h4-5H,1-3,6-7H2,(H,14,15). The maximum absolute atomic E-state index is 10.5. The lowest BCUT2D eigenvalue weighted by Gasteiger charge is -2.21. The number of hydrogen-bond donors (Lipinski definition) is 1. The van der Waals surface area contributed by atoms with E-state index >= 15 is 0 Å². The summed E-state index contributed by atoms with van der Waals surface area (Å²) < 4.78 is 11.7. The molecule has 0 atom stereocenters. The normalized spacial score (nSPS) is 13.9. The zero-order chi connectivity index (χ0) is 12.3. The lowest BCUT2D eigenvalue weighted by molar-refractivity contribution is -0.137. The van der Waals surface area contributed by atoms with Crippen molar-refractivity contribution in [1.82, 2.24) is 0 Å². The van der Waals surface area contributed by atoms with Crippen LogP contribution in [0.4, 0.5) is 0 Å². The predicted octanol–water partition coefficient (Wildman–Crippen LogP) is 2.72. The van der Waals surface area contributed by atoms with Crippen LogP contribution in [0.15, 0.2) is 16.6 Å². The van der Waals surface area contributed by atoms with Gasteiger partial charge < -0.3 is 14.6 Å². The predicted molar refractivity (Wildman–Crippen MR) is 65.0 cm³/mol. The molecular formula is C12H13BrO4. The number of carboxylic acids is 1. The Kier molecular flexibility index (Phi) is 4.02. The number of ether oxygens (including phenoxy) is 2. The minimum Gasteiger partial charge on any atom is -0.481 e. The smallest absolute Gasteiger partial charge is 0.303 e. The molecule has 1 aliphatic rings. The van der Waals surface area contributed by atoms with E-state index in [-0.39, 0.29) is 13.2 Å². The summed E-state index contributed by atoms with van der Waals surface area (Å²) in [5.74, 6) is 0.0861. The highest BCUT2D eigenvalue weighted by molar-refractivity contribution is 9.10. The maximum Gasteiger partial charge on any atom is 0.303 e. The Balaban J connectivity index is 2.14. The molecule has 0 amide bonds. The number of hydrogen-bond acceptors (Lipinski definition) is 3. The lowest BCUT2D eigenvalue weighted by Crippen LogP contribution is -2.13. The number of carbonyl (C=O) groups is 1. The fourth-order valence-electron chi connectivity index (χ4n) is 1.87. The van der Waals surface area contributed by atoms with Crippen LogP contribution in [0, 0.1) is 0 Å². The van der Waals surface area contributed by atoms with Gasteiger partial charge in [-0.25, -0.2) is 0 Å². The summed E-state index contributed by atoms with van der Waals surface area (Å²) in [6.45, 7) is 0.807. The Hall–Kier alpha value is -1.07. The third kappa shape index (κ3) is 3.20. The van der Waals surface area contributed by atoms with Gasteiger partial charge in [0.1, 0.15) is 5.75 Å². The molecule has 92 valence electrons. The summed E-state index contributed by atoms with van der Waals surface area (Å²) in [5, 5.41) is 8.62. The molecule has 1 aliphatic heterocycles. The summed E-state index contributed by atoms with van der Waals surface area (Å²) in [4.78, 5) is 10.5. The van der Waals surface area contributed by atoms with Crippen LogP contribution in [0.2, 0.25) is 0 Å². The maximum atomic E-state index is 10.5. The van der Waals surface area contributed by atoms with Gasteiger partial charge in [0.05, 0.1) is 6.61 Å². The SMILES string of the molecule is O=C(O)CCCc1cc(Br)cc2c1OCOC2. The van der Waals surface area contributed by atoms with Gasteiger partial charge >= 0.3 is 5.97 Å². The van der Waals surface area contributed by atoms with Crippen LogP contribution < -0.4 is 4.74 Å². The van der Waals surface area contributed by atoms with Gasteiger partial charge in [-0.05, 0) is 30.5 Å². The molecule has 1 aromatic carbocycles. The zero-order valence-corrected chi connectivity index (χ0v) is 10.8. The summed E-state index contributed by atoms with van der Waals surface area (Å²) >= 11 is 3.43. The Labute approximate surface area is 108 Å². The number of benzene rings is 1. The number of halogens is 1. The van der Waals surface area contributed by atoms with Gasteiger partial charge in [0, 0.05) is 16.5 Å². The molecule has 1 N–H and O–H groups in total. The molecule has 0 bridgehead atoms. The molecule has 1 heterocycles. The molecule has 0 spiro atoms. The molecule has 5 heteroatoms. The second-order valence-electron chi connectivity index (χ2n) is 3.91.